The van der Waals surface area contributed by atoms with E-state index in [1.807, 2.05) is 18.9 Å². The molecule has 35 heavy (non-hydrogen) atoms. The Morgan fingerprint density at radius 1 is 0.971 bits per heavy atom. The fourth-order valence-corrected chi connectivity index (χ4v) is 4.36. The number of amides is 3. The summed E-state index contributed by atoms with van der Waals surface area (Å²) in [6.07, 6.45) is -4.63. The predicted octanol–water partition coefficient (Wildman–Crippen LogP) is 3.78. The maximum Gasteiger partial charge on any atom is 0.418 e. The van der Waals surface area contributed by atoms with E-state index in [-0.39, 0.29) is 25.1 Å². The second-order valence-corrected chi connectivity index (χ2v) is 8.98. The maximum absolute atomic E-state index is 13.7. The van der Waals surface area contributed by atoms with Gasteiger partial charge in [0.2, 0.25) is 5.91 Å². The first-order valence-corrected chi connectivity index (χ1v) is 11.5. The number of benzene rings is 2. The second-order valence-electron chi connectivity index (χ2n) is 8.98. The predicted molar refractivity (Wildman–Crippen MR) is 126 cm³/mol. The lowest BCUT2D eigenvalue weighted by atomic mass is 10.1. The minimum absolute atomic E-state index is 0.00723. The number of piperazine rings is 1. The Kier molecular flexibility index (Phi) is 6.84. The number of likely N-dealkylation sites (N-methyl/N-ethyl adjacent to an activating group) is 1. The SMILES string of the molecule is Cc1ccc2c(c1)C(=O)N(CCCC(=O)Nc1ccc(N3CCN(C)CC3)cc1C(F)(F)F)C2=O. The number of carbonyl (C=O) groups is 3. The quantitative estimate of drug-likeness (QED) is 0.627. The molecule has 2 aromatic carbocycles. The van der Waals surface area contributed by atoms with Gasteiger partial charge >= 0.3 is 6.18 Å². The number of imide groups is 1. The maximum atomic E-state index is 13.7. The molecule has 186 valence electrons. The van der Waals surface area contributed by atoms with Crippen molar-refractivity contribution in [2.45, 2.75) is 25.9 Å². The van der Waals surface area contributed by atoms with Crippen LogP contribution >= 0.6 is 0 Å². The van der Waals surface area contributed by atoms with Crippen molar-refractivity contribution in [3.63, 3.8) is 0 Å². The number of hydrogen-bond donors (Lipinski definition) is 1. The zero-order valence-electron chi connectivity index (χ0n) is 19.6. The monoisotopic (exact) mass is 488 g/mol. The zero-order valence-corrected chi connectivity index (χ0v) is 19.6. The van der Waals surface area contributed by atoms with Crippen LogP contribution in [0.1, 0.15) is 44.7 Å². The highest BCUT2D eigenvalue weighted by atomic mass is 19.4. The van der Waals surface area contributed by atoms with E-state index in [4.69, 9.17) is 0 Å². The van der Waals surface area contributed by atoms with Gasteiger partial charge in [0.05, 0.1) is 22.4 Å². The van der Waals surface area contributed by atoms with E-state index in [1.165, 1.54) is 6.07 Å². The summed E-state index contributed by atoms with van der Waals surface area (Å²) >= 11 is 0. The Balaban J connectivity index is 1.38. The number of hydrogen-bond acceptors (Lipinski definition) is 5. The van der Waals surface area contributed by atoms with Crippen LogP contribution in [0.4, 0.5) is 24.5 Å². The average Bonchev–Trinajstić information content (AvgIpc) is 3.03. The molecule has 0 atom stereocenters. The molecule has 2 aromatic rings. The molecule has 1 N–H and O–H groups in total. The molecule has 1 fully saturated rings. The van der Waals surface area contributed by atoms with Gasteiger partial charge in [-0.2, -0.15) is 13.2 Å². The van der Waals surface area contributed by atoms with Gasteiger partial charge in [-0.3, -0.25) is 19.3 Å². The van der Waals surface area contributed by atoms with Crippen LogP contribution in [-0.4, -0.2) is 67.3 Å². The molecule has 0 saturated carbocycles. The number of anilines is 2. The van der Waals surface area contributed by atoms with Gasteiger partial charge in [-0.05, 0) is 50.7 Å². The molecular formula is C25H27F3N4O3. The summed E-state index contributed by atoms with van der Waals surface area (Å²) in [5.74, 6) is -1.47. The molecular weight excluding hydrogens is 461 g/mol. The van der Waals surface area contributed by atoms with Gasteiger partial charge in [-0.1, -0.05) is 11.6 Å². The van der Waals surface area contributed by atoms with Crippen molar-refractivity contribution < 1.29 is 27.6 Å². The first-order valence-electron chi connectivity index (χ1n) is 11.5. The van der Waals surface area contributed by atoms with Crippen LogP contribution in [0.2, 0.25) is 0 Å². The third-order valence-corrected chi connectivity index (χ3v) is 6.36. The molecule has 3 amide bonds. The van der Waals surface area contributed by atoms with Crippen molar-refractivity contribution in [3.05, 3.63) is 58.7 Å². The minimum atomic E-state index is -4.64. The molecule has 10 heteroatoms. The summed E-state index contributed by atoms with van der Waals surface area (Å²) in [7, 11) is 1.96. The van der Waals surface area contributed by atoms with Crippen LogP contribution in [0.25, 0.3) is 0 Å². The Morgan fingerprint density at radius 2 is 1.66 bits per heavy atom. The standard InChI is InChI=1S/C25H27F3N4O3/c1-16-5-7-18-19(14-16)24(35)32(23(18)34)9-3-4-22(33)29-21-8-6-17(15-20(21)25(26,27)28)31-12-10-30(2)11-13-31/h5-8,14-15H,3-4,9-13H2,1-2H3,(H,29,33). The molecule has 2 aliphatic heterocycles. The lowest BCUT2D eigenvalue weighted by molar-refractivity contribution is -0.137. The third-order valence-electron chi connectivity index (χ3n) is 6.36. The number of fused-ring (bicyclic) bond motifs is 1. The smallest absolute Gasteiger partial charge is 0.369 e. The van der Waals surface area contributed by atoms with Crippen molar-refractivity contribution in [2.75, 3.05) is 50.0 Å². The zero-order chi connectivity index (χ0) is 25.3. The van der Waals surface area contributed by atoms with Gasteiger partial charge in [0.25, 0.3) is 11.8 Å². The number of carbonyl (C=O) groups excluding carboxylic acids is 3. The highest BCUT2D eigenvalue weighted by molar-refractivity contribution is 6.21. The van der Waals surface area contributed by atoms with Crippen LogP contribution < -0.4 is 10.2 Å². The highest BCUT2D eigenvalue weighted by Gasteiger charge is 2.36. The molecule has 7 nitrogen and oxygen atoms in total. The van der Waals surface area contributed by atoms with Gasteiger partial charge < -0.3 is 15.1 Å². The summed E-state index contributed by atoms with van der Waals surface area (Å²) in [6.45, 7) is 4.58. The van der Waals surface area contributed by atoms with E-state index in [0.717, 1.165) is 29.6 Å². The van der Waals surface area contributed by atoms with Crippen LogP contribution in [-0.2, 0) is 11.0 Å². The Hall–Kier alpha value is -3.40. The average molecular weight is 489 g/mol. The minimum Gasteiger partial charge on any atom is -0.369 e. The molecule has 0 unspecified atom stereocenters. The van der Waals surface area contributed by atoms with Crippen molar-refractivity contribution >= 4 is 29.1 Å². The number of alkyl halides is 3. The fraction of sp³-hybridized carbons (Fsp3) is 0.400. The summed E-state index contributed by atoms with van der Waals surface area (Å²) in [4.78, 5) is 42.5. The number of nitrogens with zero attached hydrogens (tertiary/aromatic N) is 3. The van der Waals surface area contributed by atoms with Crippen molar-refractivity contribution in [1.82, 2.24) is 9.80 Å². The molecule has 0 aliphatic carbocycles. The molecule has 2 aliphatic rings. The molecule has 2 heterocycles. The fourth-order valence-electron chi connectivity index (χ4n) is 4.36. The van der Waals surface area contributed by atoms with Crippen molar-refractivity contribution in [3.8, 4) is 0 Å². The van der Waals surface area contributed by atoms with E-state index in [9.17, 15) is 27.6 Å². The van der Waals surface area contributed by atoms with E-state index in [2.05, 4.69) is 10.2 Å². The van der Waals surface area contributed by atoms with Gasteiger partial charge in [-0.25, -0.2) is 0 Å². The lowest BCUT2D eigenvalue weighted by Gasteiger charge is -2.34. The second kappa shape index (κ2) is 9.69. The number of nitrogens with one attached hydrogen (secondary N) is 1. The van der Waals surface area contributed by atoms with E-state index < -0.39 is 29.5 Å². The van der Waals surface area contributed by atoms with Gasteiger partial charge in [0.15, 0.2) is 0 Å². The molecule has 0 spiro atoms. The van der Waals surface area contributed by atoms with E-state index in [1.54, 1.807) is 24.3 Å². The van der Waals surface area contributed by atoms with Crippen molar-refractivity contribution in [2.24, 2.45) is 0 Å². The largest absolute Gasteiger partial charge is 0.418 e. The summed E-state index contributed by atoms with van der Waals surface area (Å²) < 4.78 is 41.2. The van der Waals surface area contributed by atoms with Crippen LogP contribution in [0.5, 0.6) is 0 Å². The van der Waals surface area contributed by atoms with Gasteiger partial charge in [0.1, 0.15) is 0 Å². The van der Waals surface area contributed by atoms with Gasteiger partial charge in [-0.15, -0.1) is 0 Å². The molecule has 1 saturated heterocycles. The molecule has 4 rings (SSSR count). The summed E-state index contributed by atoms with van der Waals surface area (Å²) in [6, 6.07) is 8.92. The summed E-state index contributed by atoms with van der Waals surface area (Å²) in [5, 5.41) is 2.35. The van der Waals surface area contributed by atoms with Crippen LogP contribution in [0.15, 0.2) is 36.4 Å². The number of rotatable bonds is 6. The highest BCUT2D eigenvalue weighted by Crippen LogP contribution is 2.37. The van der Waals surface area contributed by atoms with Gasteiger partial charge in [0, 0.05) is 44.8 Å². The first-order chi connectivity index (χ1) is 16.5. The van der Waals surface area contributed by atoms with E-state index in [0.29, 0.717) is 29.9 Å². The molecule has 0 bridgehead atoms. The Bertz CT molecular complexity index is 1160. The van der Waals surface area contributed by atoms with Crippen molar-refractivity contribution in [1.29, 1.82) is 0 Å². The molecule has 0 radical (unpaired) electrons. The van der Waals surface area contributed by atoms with Crippen LogP contribution in [0.3, 0.4) is 0 Å². The number of halogens is 3. The van der Waals surface area contributed by atoms with E-state index >= 15 is 0 Å². The summed E-state index contributed by atoms with van der Waals surface area (Å²) in [5.41, 5.74) is 0.749. The van der Waals surface area contributed by atoms with Crippen LogP contribution in [0, 0.1) is 6.92 Å². The third kappa shape index (κ3) is 5.32. The molecule has 0 aromatic heterocycles. The topological polar surface area (TPSA) is 73.0 Å². The first kappa shape index (κ1) is 24.7. The Labute approximate surface area is 201 Å². The lowest BCUT2D eigenvalue weighted by Crippen LogP contribution is -2.44. The Morgan fingerprint density at radius 3 is 2.34 bits per heavy atom. The number of aryl methyl sites for hydroxylation is 1. The normalized spacial score (nSPS) is 16.6.